The Bertz CT molecular complexity index is 125. The molecule has 0 aromatic heterocycles. The van der Waals surface area contributed by atoms with Crippen molar-refractivity contribution < 1.29 is 4.79 Å². The van der Waals surface area contributed by atoms with Gasteiger partial charge in [-0.25, -0.2) is 4.31 Å². The fourth-order valence-electron chi connectivity index (χ4n) is 1.06. The molecule has 0 unspecified atom stereocenters. The monoisotopic (exact) mass is 179 g/mol. The van der Waals surface area contributed by atoms with Crippen LogP contribution in [0.15, 0.2) is 0 Å². The highest BCUT2D eigenvalue weighted by Crippen LogP contribution is 2.20. The molecule has 0 aromatic carbocycles. The number of carbonyl (C=O) groups excluding carboxylic acids is 1. The van der Waals surface area contributed by atoms with Crippen LogP contribution in [0.1, 0.15) is 19.3 Å². The van der Waals surface area contributed by atoms with Gasteiger partial charge in [-0.1, -0.05) is 6.42 Å². The van der Waals surface area contributed by atoms with Gasteiger partial charge in [0, 0.05) is 25.0 Å². The number of halogens is 1. The predicted octanol–water partition coefficient (Wildman–Crippen LogP) is 2.48. The zero-order chi connectivity index (χ0) is 7.40. The van der Waals surface area contributed by atoms with E-state index < -0.39 is 0 Å². The average Bonchev–Trinajstić information content (AvgIpc) is 1.88. The van der Waals surface area contributed by atoms with Gasteiger partial charge in [-0.15, -0.1) is 0 Å². The third kappa shape index (κ3) is 2.90. The maximum Gasteiger partial charge on any atom is 0.294 e. The minimum absolute atomic E-state index is 0.318. The van der Waals surface area contributed by atoms with Crippen LogP contribution < -0.4 is 0 Å². The molecule has 1 rings (SSSR count). The Hall–Kier alpha value is 0.270. The van der Waals surface area contributed by atoms with Crippen LogP contribution in [0.5, 0.6) is 0 Å². The van der Waals surface area contributed by atoms with E-state index in [4.69, 9.17) is 11.6 Å². The summed E-state index contributed by atoms with van der Waals surface area (Å²) < 4.78 is 1.71. The fourth-order valence-corrected chi connectivity index (χ4v) is 1.99. The Morgan fingerprint density at radius 2 is 1.90 bits per heavy atom. The van der Waals surface area contributed by atoms with Gasteiger partial charge in [0.15, 0.2) is 0 Å². The summed E-state index contributed by atoms with van der Waals surface area (Å²) in [5, 5.41) is 0. The van der Waals surface area contributed by atoms with Gasteiger partial charge < -0.3 is 0 Å². The molecular formula is C6H10ClNOS. The molecule has 2 nitrogen and oxygen atoms in total. The maximum atomic E-state index is 10.4. The van der Waals surface area contributed by atoms with Crippen molar-refractivity contribution in [3.05, 3.63) is 0 Å². The normalized spacial score (nSPS) is 20.9. The molecule has 0 amide bonds. The van der Waals surface area contributed by atoms with Crippen LogP contribution in [0.4, 0.5) is 4.79 Å². The predicted molar refractivity (Wildman–Crippen MR) is 44.3 cm³/mol. The largest absolute Gasteiger partial charge is 0.294 e. The van der Waals surface area contributed by atoms with Gasteiger partial charge in [0.05, 0.1) is 0 Å². The molecule has 1 aliphatic heterocycles. The topological polar surface area (TPSA) is 20.3 Å². The molecule has 0 atom stereocenters. The van der Waals surface area contributed by atoms with Gasteiger partial charge in [-0.3, -0.25) is 4.79 Å². The first-order chi connectivity index (χ1) is 4.79. The van der Waals surface area contributed by atoms with E-state index in [1.54, 1.807) is 0 Å². The molecule has 58 valence electrons. The van der Waals surface area contributed by atoms with Crippen LogP contribution >= 0.6 is 23.5 Å². The number of rotatable bonds is 1. The lowest BCUT2D eigenvalue weighted by molar-refractivity contribution is 0.274. The van der Waals surface area contributed by atoms with E-state index in [-0.39, 0.29) is 4.57 Å². The van der Waals surface area contributed by atoms with E-state index in [1.807, 2.05) is 4.31 Å². The number of carbonyl (C=O) groups is 1. The van der Waals surface area contributed by atoms with Gasteiger partial charge in [-0.05, 0) is 24.4 Å². The van der Waals surface area contributed by atoms with Crippen LogP contribution in [-0.2, 0) is 0 Å². The Balaban J connectivity index is 2.19. The lowest BCUT2D eigenvalue weighted by Crippen LogP contribution is -2.23. The number of hydrogen-bond acceptors (Lipinski definition) is 3. The number of piperidine rings is 1. The summed E-state index contributed by atoms with van der Waals surface area (Å²) in [6.07, 6.45) is 3.67. The molecule has 0 N–H and O–H groups in total. The second-order valence-corrected chi connectivity index (χ2v) is 3.96. The molecule has 4 heteroatoms. The highest BCUT2D eigenvalue weighted by Gasteiger charge is 2.12. The van der Waals surface area contributed by atoms with Gasteiger partial charge in [0.25, 0.3) is 4.57 Å². The van der Waals surface area contributed by atoms with Crippen molar-refractivity contribution in [1.29, 1.82) is 0 Å². The molecule has 0 bridgehead atoms. The Morgan fingerprint density at radius 3 is 2.40 bits per heavy atom. The molecule has 0 saturated carbocycles. The Morgan fingerprint density at radius 1 is 1.30 bits per heavy atom. The third-order valence-electron chi connectivity index (χ3n) is 1.52. The highest BCUT2D eigenvalue weighted by molar-refractivity contribution is 8.14. The first-order valence-electron chi connectivity index (χ1n) is 3.41. The van der Waals surface area contributed by atoms with Crippen molar-refractivity contribution in [3.8, 4) is 0 Å². The molecule has 1 fully saturated rings. The van der Waals surface area contributed by atoms with E-state index in [9.17, 15) is 4.79 Å². The van der Waals surface area contributed by atoms with Gasteiger partial charge in [0.2, 0.25) is 0 Å². The second-order valence-electron chi connectivity index (χ2n) is 2.32. The molecule has 1 saturated heterocycles. The average molecular weight is 180 g/mol. The minimum atomic E-state index is -0.318. The standard InChI is InChI=1S/C6H10ClNOS/c7-6(9)10-8-4-2-1-3-5-8/h1-5H2. The van der Waals surface area contributed by atoms with Gasteiger partial charge >= 0.3 is 0 Å². The van der Waals surface area contributed by atoms with Crippen molar-refractivity contribution in [2.75, 3.05) is 13.1 Å². The third-order valence-corrected chi connectivity index (χ3v) is 2.49. The molecular weight excluding hydrogens is 170 g/mol. The quantitative estimate of drug-likeness (QED) is 0.456. The van der Waals surface area contributed by atoms with E-state index in [2.05, 4.69) is 0 Å². The smallest absolute Gasteiger partial charge is 0.267 e. The Kier molecular flexibility index (Phi) is 3.52. The van der Waals surface area contributed by atoms with Crippen molar-refractivity contribution in [3.63, 3.8) is 0 Å². The van der Waals surface area contributed by atoms with E-state index >= 15 is 0 Å². The van der Waals surface area contributed by atoms with Crippen molar-refractivity contribution in [2.45, 2.75) is 19.3 Å². The van der Waals surface area contributed by atoms with E-state index in [0.29, 0.717) is 0 Å². The second kappa shape index (κ2) is 4.21. The molecule has 0 spiro atoms. The summed E-state index contributed by atoms with van der Waals surface area (Å²) in [6, 6.07) is 0. The van der Waals surface area contributed by atoms with Crippen molar-refractivity contribution >= 4 is 28.1 Å². The lowest BCUT2D eigenvalue weighted by atomic mass is 10.2. The summed E-state index contributed by atoms with van der Waals surface area (Å²) in [5.74, 6) is 0. The van der Waals surface area contributed by atoms with Gasteiger partial charge in [0.1, 0.15) is 0 Å². The first-order valence-corrected chi connectivity index (χ1v) is 4.56. The Labute approximate surface area is 70.0 Å². The van der Waals surface area contributed by atoms with Crippen LogP contribution in [0, 0.1) is 0 Å². The lowest BCUT2D eigenvalue weighted by Gasteiger charge is -2.22. The summed E-state index contributed by atoms with van der Waals surface area (Å²) in [4.78, 5) is 10.4. The number of nitrogens with zero attached hydrogens (tertiary/aromatic N) is 1. The molecule has 0 aliphatic carbocycles. The van der Waals surface area contributed by atoms with Crippen LogP contribution in [0.25, 0.3) is 0 Å². The van der Waals surface area contributed by atoms with Crippen molar-refractivity contribution in [1.82, 2.24) is 4.31 Å². The summed E-state index contributed by atoms with van der Waals surface area (Å²) in [7, 11) is 0. The van der Waals surface area contributed by atoms with Crippen LogP contribution in [0.3, 0.4) is 0 Å². The first kappa shape index (κ1) is 8.37. The summed E-state index contributed by atoms with van der Waals surface area (Å²) in [6.45, 7) is 2.01. The van der Waals surface area contributed by atoms with Crippen LogP contribution in [0.2, 0.25) is 0 Å². The van der Waals surface area contributed by atoms with Crippen molar-refractivity contribution in [2.24, 2.45) is 0 Å². The van der Waals surface area contributed by atoms with Crippen LogP contribution in [-0.4, -0.2) is 22.0 Å². The molecule has 1 aliphatic rings. The SMILES string of the molecule is O=C(Cl)SN1CCCCC1. The molecule has 1 heterocycles. The summed E-state index contributed by atoms with van der Waals surface area (Å²) in [5.41, 5.74) is 0. The molecule has 10 heavy (non-hydrogen) atoms. The van der Waals surface area contributed by atoms with Gasteiger partial charge in [-0.2, -0.15) is 0 Å². The summed E-state index contributed by atoms with van der Waals surface area (Å²) >= 11 is 6.33. The maximum absolute atomic E-state index is 10.4. The zero-order valence-corrected chi connectivity index (χ0v) is 7.25. The zero-order valence-electron chi connectivity index (χ0n) is 5.68. The number of hydrogen-bond donors (Lipinski definition) is 0. The highest BCUT2D eigenvalue weighted by atomic mass is 35.5. The molecule has 0 radical (unpaired) electrons. The minimum Gasteiger partial charge on any atom is -0.267 e. The molecule has 0 aromatic rings. The fraction of sp³-hybridized carbons (Fsp3) is 0.833. The van der Waals surface area contributed by atoms with E-state index in [1.165, 1.54) is 19.3 Å². The van der Waals surface area contributed by atoms with E-state index in [0.717, 1.165) is 25.0 Å².